The second-order valence-electron chi connectivity index (χ2n) is 7.67. The van der Waals surface area contributed by atoms with Crippen LogP contribution in [0.3, 0.4) is 0 Å². The quantitative estimate of drug-likeness (QED) is 0.170. The summed E-state index contributed by atoms with van der Waals surface area (Å²) in [6.45, 7) is 0. The maximum Gasteiger partial charge on any atom is 0.347 e. The van der Waals surface area contributed by atoms with Crippen LogP contribution in [-0.4, -0.2) is 21.3 Å². The number of ether oxygens (including phenoxy) is 1. The van der Waals surface area contributed by atoms with E-state index in [0.29, 0.717) is 16.8 Å². The van der Waals surface area contributed by atoms with E-state index in [9.17, 15) is 9.59 Å². The molecule has 32 heavy (non-hydrogen) atoms. The predicted octanol–water partition coefficient (Wildman–Crippen LogP) is 5.17. The van der Waals surface area contributed by atoms with E-state index in [1.165, 1.54) is 6.08 Å². The first-order chi connectivity index (χ1) is 15.6. The number of nitrogens with zero attached hydrogens (tertiary/aromatic N) is 2. The van der Waals surface area contributed by atoms with Gasteiger partial charge in [-0.05, 0) is 28.5 Å². The topological polar surface area (TPSA) is 74.3 Å². The van der Waals surface area contributed by atoms with E-state index in [-0.39, 0.29) is 17.2 Å². The lowest BCUT2D eigenvalue weighted by Crippen LogP contribution is -2.25. The number of fused-ring (bicyclic) bond motifs is 3. The van der Waals surface area contributed by atoms with E-state index in [1.54, 1.807) is 12.1 Å². The molecule has 6 heteroatoms. The van der Waals surface area contributed by atoms with Crippen LogP contribution in [0.1, 0.15) is 16.2 Å². The molecule has 154 valence electrons. The number of oxazole rings is 1. The fourth-order valence-corrected chi connectivity index (χ4v) is 4.08. The Hall–Kier alpha value is -4.45. The number of benzene rings is 3. The van der Waals surface area contributed by atoms with Crippen LogP contribution in [0, 0.1) is 0 Å². The number of hydrogen-bond acceptors (Lipinski definition) is 5. The highest BCUT2D eigenvalue weighted by atomic mass is 16.5. The molecule has 3 heterocycles. The summed E-state index contributed by atoms with van der Waals surface area (Å²) in [6, 6.07) is 22.9. The Morgan fingerprint density at radius 2 is 1.62 bits per heavy atom. The van der Waals surface area contributed by atoms with Crippen molar-refractivity contribution in [2.45, 2.75) is 0 Å². The van der Waals surface area contributed by atoms with Crippen LogP contribution in [0.2, 0.25) is 0 Å². The first-order valence-corrected chi connectivity index (χ1v) is 10.1. The minimum absolute atomic E-state index is 0.109. The number of hydrogen-bond donors (Lipinski definition) is 0. The van der Waals surface area contributed by atoms with Crippen LogP contribution in [-0.2, 0) is 11.8 Å². The summed E-state index contributed by atoms with van der Waals surface area (Å²) in [5, 5.41) is 1.79. The highest BCUT2D eigenvalue weighted by Gasteiger charge is 2.32. The first-order valence-electron chi connectivity index (χ1n) is 10.1. The lowest BCUT2D eigenvalue weighted by atomic mass is 9.96. The monoisotopic (exact) mass is 420 g/mol. The summed E-state index contributed by atoms with van der Waals surface area (Å²) >= 11 is 0. The molecule has 0 N–H and O–H groups in total. The number of carbonyl (C=O) groups is 2. The summed E-state index contributed by atoms with van der Waals surface area (Å²) in [7, 11) is 1.89. The van der Waals surface area contributed by atoms with Gasteiger partial charge in [0.25, 0.3) is 0 Å². The van der Waals surface area contributed by atoms with Crippen molar-refractivity contribution in [1.29, 1.82) is 0 Å². The molecule has 0 aliphatic carbocycles. The van der Waals surface area contributed by atoms with Crippen LogP contribution in [0.15, 0.2) is 82.8 Å². The number of carbonyl (C=O) groups excluding carboxylic acids is 2. The van der Waals surface area contributed by atoms with Gasteiger partial charge in [-0.2, -0.15) is 4.98 Å². The SMILES string of the molecule is Cn1c(-c2ccccc2)cc2oc(/C=C3\C(=O)Oc4cc5ccccc5cc4C3=O)nc21. The summed E-state index contributed by atoms with van der Waals surface area (Å²) in [6.07, 6.45) is 1.35. The maximum atomic E-state index is 13.1. The van der Waals surface area contributed by atoms with Crippen LogP contribution in [0.5, 0.6) is 5.75 Å². The van der Waals surface area contributed by atoms with E-state index in [2.05, 4.69) is 4.98 Å². The zero-order valence-electron chi connectivity index (χ0n) is 17.0. The molecule has 0 saturated carbocycles. The molecule has 0 spiro atoms. The molecular weight excluding hydrogens is 404 g/mol. The fraction of sp³-hybridized carbons (Fsp3) is 0.0385. The minimum Gasteiger partial charge on any atom is -0.435 e. The molecule has 5 aromatic rings. The van der Waals surface area contributed by atoms with Crippen molar-refractivity contribution in [1.82, 2.24) is 9.55 Å². The van der Waals surface area contributed by atoms with Gasteiger partial charge >= 0.3 is 5.97 Å². The van der Waals surface area contributed by atoms with Crippen LogP contribution < -0.4 is 4.74 Å². The Morgan fingerprint density at radius 1 is 0.906 bits per heavy atom. The van der Waals surface area contributed by atoms with Gasteiger partial charge < -0.3 is 13.7 Å². The van der Waals surface area contributed by atoms with Crippen molar-refractivity contribution >= 4 is 39.8 Å². The zero-order valence-corrected chi connectivity index (χ0v) is 17.0. The number of esters is 1. The highest BCUT2D eigenvalue weighted by Crippen LogP contribution is 2.33. The van der Waals surface area contributed by atoms with Crippen molar-refractivity contribution in [3.05, 3.63) is 89.8 Å². The summed E-state index contributed by atoms with van der Waals surface area (Å²) in [4.78, 5) is 30.2. The van der Waals surface area contributed by atoms with E-state index in [4.69, 9.17) is 9.15 Å². The average Bonchev–Trinajstić information content (AvgIpc) is 3.34. The molecule has 0 amide bonds. The third kappa shape index (κ3) is 2.77. The van der Waals surface area contributed by atoms with Gasteiger partial charge in [0.05, 0.1) is 11.3 Å². The highest BCUT2D eigenvalue weighted by molar-refractivity contribution is 6.30. The van der Waals surface area contributed by atoms with Crippen LogP contribution >= 0.6 is 0 Å². The molecule has 6 nitrogen and oxygen atoms in total. The fourth-order valence-electron chi connectivity index (χ4n) is 4.08. The van der Waals surface area contributed by atoms with Gasteiger partial charge in [-0.1, -0.05) is 54.6 Å². The van der Waals surface area contributed by atoms with E-state index in [1.807, 2.05) is 72.3 Å². The molecule has 1 aliphatic rings. The molecule has 2 aromatic heterocycles. The van der Waals surface area contributed by atoms with Gasteiger partial charge in [-0.25, -0.2) is 4.79 Å². The predicted molar refractivity (Wildman–Crippen MR) is 120 cm³/mol. The number of Topliss-reactive ketones (excluding diaryl/α,β-unsaturated/α-hetero) is 1. The third-order valence-electron chi connectivity index (χ3n) is 5.69. The summed E-state index contributed by atoms with van der Waals surface area (Å²) in [5.74, 6) is -0.685. The van der Waals surface area contributed by atoms with Crippen LogP contribution in [0.4, 0.5) is 0 Å². The van der Waals surface area contributed by atoms with Crippen LogP contribution in [0.25, 0.3) is 39.3 Å². The number of aryl methyl sites for hydroxylation is 1. The Kier molecular flexibility index (Phi) is 3.89. The molecule has 6 rings (SSSR count). The lowest BCUT2D eigenvalue weighted by Gasteiger charge is -2.17. The Morgan fingerprint density at radius 3 is 2.38 bits per heavy atom. The molecule has 0 bridgehead atoms. The Bertz CT molecular complexity index is 1590. The molecule has 0 atom stereocenters. The molecule has 0 saturated heterocycles. The third-order valence-corrected chi connectivity index (χ3v) is 5.69. The zero-order chi connectivity index (χ0) is 21.8. The smallest absolute Gasteiger partial charge is 0.347 e. The summed E-state index contributed by atoms with van der Waals surface area (Å²) in [5.41, 5.74) is 3.43. The largest absolute Gasteiger partial charge is 0.435 e. The Labute approximate surface area is 182 Å². The molecule has 0 unspecified atom stereocenters. The second kappa shape index (κ2) is 6.78. The average molecular weight is 420 g/mol. The number of rotatable bonds is 2. The van der Waals surface area contributed by atoms with Gasteiger partial charge in [-0.15, -0.1) is 0 Å². The lowest BCUT2D eigenvalue weighted by molar-refractivity contribution is -0.130. The van der Waals surface area contributed by atoms with Gasteiger partial charge in [-0.3, -0.25) is 4.79 Å². The van der Waals surface area contributed by atoms with Crippen molar-refractivity contribution < 1.29 is 18.7 Å². The normalized spacial score (nSPS) is 14.8. The number of aromatic nitrogens is 2. The van der Waals surface area contributed by atoms with Gasteiger partial charge in [0.1, 0.15) is 11.3 Å². The molecule has 0 radical (unpaired) electrons. The molecule has 0 fully saturated rings. The van der Waals surface area contributed by atoms with E-state index >= 15 is 0 Å². The maximum absolute atomic E-state index is 13.1. The first kappa shape index (κ1) is 18.3. The second-order valence-corrected chi connectivity index (χ2v) is 7.67. The molecule has 1 aliphatic heterocycles. The standard InChI is InChI=1S/C26H16N2O4/c1-28-20(15-7-3-2-4-8-15)14-22-25(28)27-23(31-22)13-19-24(29)18-11-16-9-5-6-10-17(16)12-21(18)32-26(19)30/h2-14H,1H3/b19-13-. The molecule has 3 aromatic carbocycles. The van der Waals surface area contributed by atoms with Crippen molar-refractivity contribution in [3.8, 4) is 17.0 Å². The van der Waals surface area contributed by atoms with Gasteiger partial charge in [0.15, 0.2) is 11.2 Å². The van der Waals surface area contributed by atoms with Crippen molar-refractivity contribution in [2.75, 3.05) is 0 Å². The molecular formula is C26H16N2O4. The van der Waals surface area contributed by atoms with E-state index < -0.39 is 11.8 Å². The van der Waals surface area contributed by atoms with E-state index in [0.717, 1.165) is 22.0 Å². The minimum atomic E-state index is -0.718. The van der Waals surface area contributed by atoms with Gasteiger partial charge in [0, 0.05) is 19.2 Å². The Balaban J connectivity index is 1.41. The number of ketones is 1. The van der Waals surface area contributed by atoms with Gasteiger partial charge in [0.2, 0.25) is 11.7 Å². The summed E-state index contributed by atoms with van der Waals surface area (Å²) < 4.78 is 13.2. The van der Waals surface area contributed by atoms with Crippen molar-refractivity contribution in [2.24, 2.45) is 7.05 Å². The van der Waals surface area contributed by atoms with Crippen molar-refractivity contribution in [3.63, 3.8) is 0 Å².